The van der Waals surface area contributed by atoms with Crippen LogP contribution < -0.4 is 10.2 Å². The first-order valence-corrected chi connectivity index (χ1v) is 10.5. The van der Waals surface area contributed by atoms with Crippen molar-refractivity contribution in [3.63, 3.8) is 0 Å². The van der Waals surface area contributed by atoms with Crippen LogP contribution in [-0.2, 0) is 11.2 Å². The second kappa shape index (κ2) is 8.63. The third kappa shape index (κ3) is 4.17. The van der Waals surface area contributed by atoms with Crippen molar-refractivity contribution in [2.24, 2.45) is 0 Å². The second-order valence-corrected chi connectivity index (χ2v) is 8.30. The van der Waals surface area contributed by atoms with Crippen molar-refractivity contribution in [2.75, 3.05) is 17.3 Å². The van der Waals surface area contributed by atoms with Crippen LogP contribution in [0.4, 0.5) is 20.6 Å². The predicted octanol–water partition coefficient (Wildman–Crippen LogP) is 4.53. The Balaban J connectivity index is 1.58. The number of rotatable bonds is 5. The van der Waals surface area contributed by atoms with Crippen LogP contribution in [-0.4, -0.2) is 40.3 Å². The van der Waals surface area contributed by atoms with Crippen LogP contribution >= 0.6 is 11.6 Å². The number of amides is 4. The molecule has 168 valence electrons. The Morgan fingerprint density at radius 3 is 2.48 bits per heavy atom. The van der Waals surface area contributed by atoms with Crippen molar-refractivity contribution in [1.29, 1.82) is 0 Å². The fourth-order valence-electron chi connectivity index (χ4n) is 3.70. The van der Waals surface area contributed by atoms with Gasteiger partial charge in [0.1, 0.15) is 17.1 Å². The van der Waals surface area contributed by atoms with Gasteiger partial charge in [-0.3, -0.25) is 14.6 Å². The van der Waals surface area contributed by atoms with Gasteiger partial charge in [-0.25, -0.2) is 14.1 Å². The summed E-state index contributed by atoms with van der Waals surface area (Å²) in [6.45, 7) is 1.66. The van der Waals surface area contributed by atoms with Gasteiger partial charge in [-0.2, -0.15) is 0 Å². The van der Waals surface area contributed by atoms with E-state index in [0.29, 0.717) is 11.3 Å². The zero-order chi connectivity index (χ0) is 23.8. The van der Waals surface area contributed by atoms with Crippen LogP contribution in [0, 0.1) is 5.82 Å². The summed E-state index contributed by atoms with van der Waals surface area (Å²) in [6.07, 6.45) is 1.72. The van der Waals surface area contributed by atoms with Crippen molar-refractivity contribution in [1.82, 2.24) is 9.88 Å². The SMILES string of the molecule is CN1C(=O)N(c2ccc(NC(=O)c3ccccn3)cc2Cl)C(=O)[C@]1(C)Cc1ccc(F)cc1. The minimum Gasteiger partial charge on any atom is -0.321 e. The van der Waals surface area contributed by atoms with E-state index in [1.54, 1.807) is 50.4 Å². The zero-order valence-electron chi connectivity index (χ0n) is 17.9. The molecule has 4 rings (SSSR count). The van der Waals surface area contributed by atoms with Crippen LogP contribution in [0.3, 0.4) is 0 Å². The number of pyridine rings is 1. The lowest BCUT2D eigenvalue weighted by molar-refractivity contribution is -0.123. The Labute approximate surface area is 194 Å². The largest absolute Gasteiger partial charge is 0.332 e. The minimum absolute atomic E-state index is 0.120. The molecule has 1 aliphatic heterocycles. The molecule has 0 unspecified atom stereocenters. The Morgan fingerprint density at radius 1 is 1.12 bits per heavy atom. The lowest BCUT2D eigenvalue weighted by atomic mass is 9.91. The van der Waals surface area contributed by atoms with E-state index in [1.807, 2.05) is 0 Å². The molecule has 1 fully saturated rings. The number of imide groups is 1. The van der Waals surface area contributed by atoms with E-state index in [2.05, 4.69) is 10.3 Å². The quantitative estimate of drug-likeness (QED) is 0.560. The maximum Gasteiger partial charge on any atom is 0.332 e. The average Bonchev–Trinajstić information content (AvgIpc) is 2.96. The smallest absolute Gasteiger partial charge is 0.321 e. The number of carbonyl (C=O) groups is 3. The summed E-state index contributed by atoms with van der Waals surface area (Å²) >= 11 is 6.41. The number of urea groups is 1. The zero-order valence-corrected chi connectivity index (χ0v) is 18.6. The third-order valence-electron chi connectivity index (χ3n) is 5.69. The number of aromatic nitrogens is 1. The highest BCUT2D eigenvalue weighted by Gasteiger charge is 2.53. The topological polar surface area (TPSA) is 82.6 Å². The lowest BCUT2D eigenvalue weighted by Gasteiger charge is -2.28. The molecule has 33 heavy (non-hydrogen) atoms. The molecule has 1 aromatic heterocycles. The van der Waals surface area contributed by atoms with Gasteiger partial charge >= 0.3 is 6.03 Å². The number of hydrogen-bond donors (Lipinski definition) is 1. The van der Waals surface area contributed by atoms with Crippen LogP contribution in [0.15, 0.2) is 66.9 Å². The molecule has 1 saturated heterocycles. The fourth-order valence-corrected chi connectivity index (χ4v) is 3.96. The molecule has 7 nitrogen and oxygen atoms in total. The summed E-state index contributed by atoms with van der Waals surface area (Å²) in [5.74, 6) is -1.25. The highest BCUT2D eigenvalue weighted by Crippen LogP contribution is 2.37. The maximum atomic E-state index is 13.4. The lowest BCUT2D eigenvalue weighted by Crippen LogP contribution is -2.47. The third-order valence-corrected chi connectivity index (χ3v) is 5.99. The number of anilines is 2. The summed E-state index contributed by atoms with van der Waals surface area (Å²) in [6, 6.07) is 14.8. The Morgan fingerprint density at radius 2 is 1.85 bits per heavy atom. The molecule has 0 radical (unpaired) electrons. The number of halogens is 2. The first-order valence-electron chi connectivity index (χ1n) is 10.1. The normalized spacial score (nSPS) is 18.1. The molecule has 9 heteroatoms. The maximum absolute atomic E-state index is 13.4. The van der Waals surface area contributed by atoms with Gasteiger partial charge in [0.25, 0.3) is 11.8 Å². The van der Waals surface area contributed by atoms with Crippen LogP contribution in [0.2, 0.25) is 5.02 Å². The molecule has 0 bridgehead atoms. The number of likely N-dealkylation sites (N-methyl/N-ethyl adjacent to an activating group) is 1. The van der Waals surface area contributed by atoms with Gasteiger partial charge in [-0.1, -0.05) is 29.8 Å². The van der Waals surface area contributed by atoms with Crippen LogP contribution in [0.5, 0.6) is 0 Å². The van der Waals surface area contributed by atoms with Gasteiger partial charge in [0, 0.05) is 25.4 Å². The molecule has 2 aromatic carbocycles. The number of carbonyl (C=O) groups excluding carboxylic acids is 3. The monoisotopic (exact) mass is 466 g/mol. The Hall–Kier alpha value is -3.78. The Kier molecular flexibility index (Phi) is 5.86. The molecule has 0 saturated carbocycles. The standard InChI is InChI=1S/C24H20ClFN4O3/c1-24(14-15-6-8-16(26)9-7-15)22(32)30(23(33)29(24)2)20-11-10-17(13-18(20)25)28-21(31)19-5-3-4-12-27-19/h3-13H,14H2,1-2H3,(H,28,31)/t24-/m0/s1. The van der Waals surface area contributed by atoms with E-state index in [9.17, 15) is 18.8 Å². The molecule has 0 spiro atoms. The molecule has 0 aliphatic carbocycles. The summed E-state index contributed by atoms with van der Waals surface area (Å²) in [5, 5.41) is 2.81. The van der Waals surface area contributed by atoms with Gasteiger partial charge in [0.2, 0.25) is 0 Å². The number of nitrogens with one attached hydrogen (secondary N) is 1. The average molecular weight is 467 g/mol. The van der Waals surface area contributed by atoms with Crippen molar-refractivity contribution < 1.29 is 18.8 Å². The van der Waals surface area contributed by atoms with Crippen molar-refractivity contribution in [3.05, 3.63) is 89.0 Å². The van der Waals surface area contributed by atoms with E-state index >= 15 is 0 Å². The highest BCUT2D eigenvalue weighted by molar-refractivity contribution is 6.36. The predicted molar refractivity (Wildman–Crippen MR) is 123 cm³/mol. The Bertz CT molecular complexity index is 1240. The molecule has 1 N–H and O–H groups in total. The van der Waals surface area contributed by atoms with Crippen molar-refractivity contribution in [3.8, 4) is 0 Å². The van der Waals surface area contributed by atoms with Crippen molar-refractivity contribution >= 4 is 40.8 Å². The minimum atomic E-state index is -1.18. The fraction of sp³-hybridized carbons (Fsp3) is 0.167. The van der Waals surface area contributed by atoms with Gasteiger partial charge < -0.3 is 10.2 Å². The van der Waals surface area contributed by atoms with E-state index in [0.717, 1.165) is 4.90 Å². The molecular formula is C24H20ClFN4O3. The van der Waals surface area contributed by atoms with E-state index in [-0.39, 0.29) is 28.6 Å². The molecule has 1 aliphatic rings. The second-order valence-electron chi connectivity index (χ2n) is 7.89. The molecule has 4 amide bonds. The number of hydrogen-bond acceptors (Lipinski definition) is 4. The number of nitrogens with zero attached hydrogens (tertiary/aromatic N) is 3. The molecule has 1 atom stereocenters. The van der Waals surface area contributed by atoms with Crippen LogP contribution in [0.1, 0.15) is 23.0 Å². The van der Waals surface area contributed by atoms with Gasteiger partial charge in [0.05, 0.1) is 10.7 Å². The van der Waals surface area contributed by atoms with Crippen LogP contribution in [0.25, 0.3) is 0 Å². The molecular weight excluding hydrogens is 447 g/mol. The highest BCUT2D eigenvalue weighted by atomic mass is 35.5. The van der Waals surface area contributed by atoms with E-state index < -0.39 is 23.4 Å². The summed E-state index contributed by atoms with van der Waals surface area (Å²) in [5.41, 5.74) is 0.371. The summed E-state index contributed by atoms with van der Waals surface area (Å²) < 4.78 is 13.3. The van der Waals surface area contributed by atoms with E-state index in [4.69, 9.17) is 11.6 Å². The molecule has 3 aromatic rings. The van der Waals surface area contributed by atoms with E-state index in [1.165, 1.54) is 35.4 Å². The summed E-state index contributed by atoms with van der Waals surface area (Å²) in [7, 11) is 1.54. The van der Waals surface area contributed by atoms with Crippen molar-refractivity contribution in [2.45, 2.75) is 18.9 Å². The molecule has 2 heterocycles. The number of benzene rings is 2. The van der Waals surface area contributed by atoms with Gasteiger partial charge in [-0.05, 0) is 55.0 Å². The first kappa shape index (κ1) is 22.4. The van der Waals surface area contributed by atoms with Gasteiger partial charge in [-0.15, -0.1) is 0 Å². The first-order chi connectivity index (χ1) is 15.7. The summed E-state index contributed by atoms with van der Waals surface area (Å²) in [4.78, 5) is 45.1. The van der Waals surface area contributed by atoms with Gasteiger partial charge in [0.15, 0.2) is 0 Å².